The van der Waals surface area contributed by atoms with Crippen LogP contribution in [-0.4, -0.2) is 10.1 Å². The van der Waals surface area contributed by atoms with Crippen molar-refractivity contribution in [3.05, 3.63) is 70.4 Å². The van der Waals surface area contributed by atoms with Crippen LogP contribution in [0.1, 0.15) is 34.6 Å². The molecule has 1 N–H and O–H groups in total. The van der Waals surface area contributed by atoms with E-state index >= 15 is 0 Å². The quantitative estimate of drug-likeness (QED) is 0.760. The molecule has 1 atom stereocenters. The Kier molecular flexibility index (Phi) is 4.08. The molecule has 3 nitrogen and oxygen atoms in total. The zero-order chi connectivity index (χ0) is 16.5. The molecule has 1 unspecified atom stereocenters. The first-order chi connectivity index (χ1) is 11.7. The SMILES string of the molecule is CC(O)c1cc2c(s1)-c1ccc(OCc3cccnc3)cc1CC2. The summed E-state index contributed by atoms with van der Waals surface area (Å²) in [7, 11) is 0. The van der Waals surface area contributed by atoms with E-state index in [1.54, 1.807) is 17.5 Å². The lowest BCUT2D eigenvalue weighted by atomic mass is 9.91. The van der Waals surface area contributed by atoms with Crippen LogP contribution in [0.4, 0.5) is 0 Å². The highest BCUT2D eigenvalue weighted by Gasteiger charge is 2.21. The molecular weight excluding hydrogens is 318 g/mol. The zero-order valence-corrected chi connectivity index (χ0v) is 14.3. The number of hydrogen-bond donors (Lipinski definition) is 1. The van der Waals surface area contributed by atoms with Gasteiger partial charge in [-0.3, -0.25) is 4.98 Å². The van der Waals surface area contributed by atoms with Crippen molar-refractivity contribution < 1.29 is 9.84 Å². The molecule has 1 aliphatic carbocycles. The van der Waals surface area contributed by atoms with Gasteiger partial charge in [0.2, 0.25) is 0 Å². The second-order valence-electron chi connectivity index (χ2n) is 6.15. The highest BCUT2D eigenvalue weighted by Crippen LogP contribution is 2.42. The molecule has 0 saturated carbocycles. The van der Waals surface area contributed by atoms with Crippen molar-refractivity contribution in [1.29, 1.82) is 0 Å². The molecule has 0 aliphatic heterocycles. The lowest BCUT2D eigenvalue weighted by Gasteiger charge is -2.17. The van der Waals surface area contributed by atoms with Crippen LogP contribution in [0.15, 0.2) is 48.8 Å². The molecule has 0 amide bonds. The number of thiophene rings is 1. The number of rotatable bonds is 4. The molecule has 2 aromatic heterocycles. The minimum atomic E-state index is -0.397. The number of aromatic nitrogens is 1. The van der Waals surface area contributed by atoms with Crippen LogP contribution in [0.3, 0.4) is 0 Å². The van der Waals surface area contributed by atoms with Gasteiger partial charge in [-0.25, -0.2) is 0 Å². The molecule has 0 spiro atoms. The summed E-state index contributed by atoms with van der Waals surface area (Å²) in [5.41, 5.74) is 5.02. The van der Waals surface area contributed by atoms with Gasteiger partial charge in [0.15, 0.2) is 0 Å². The maximum Gasteiger partial charge on any atom is 0.120 e. The van der Waals surface area contributed by atoms with E-state index in [4.69, 9.17) is 4.74 Å². The van der Waals surface area contributed by atoms with E-state index in [0.29, 0.717) is 6.61 Å². The third-order valence-corrected chi connectivity index (χ3v) is 5.73. The van der Waals surface area contributed by atoms with Gasteiger partial charge in [0.25, 0.3) is 0 Å². The molecule has 4 heteroatoms. The summed E-state index contributed by atoms with van der Waals surface area (Å²) >= 11 is 1.70. The number of aliphatic hydroxyl groups is 1. The predicted octanol–water partition coefficient (Wildman–Crippen LogP) is 4.54. The maximum atomic E-state index is 9.83. The highest BCUT2D eigenvalue weighted by atomic mass is 32.1. The normalized spacial score (nSPS) is 13.9. The third-order valence-electron chi connectivity index (χ3n) is 4.35. The van der Waals surface area contributed by atoms with Crippen LogP contribution >= 0.6 is 11.3 Å². The molecule has 122 valence electrons. The van der Waals surface area contributed by atoms with E-state index in [0.717, 1.165) is 29.0 Å². The number of aliphatic hydroxyl groups excluding tert-OH is 1. The minimum Gasteiger partial charge on any atom is -0.489 e. The minimum absolute atomic E-state index is 0.397. The first kappa shape index (κ1) is 15.4. The van der Waals surface area contributed by atoms with Gasteiger partial charge in [-0.1, -0.05) is 6.07 Å². The van der Waals surface area contributed by atoms with Crippen LogP contribution in [0, 0.1) is 0 Å². The Labute approximate surface area is 145 Å². The Hall–Kier alpha value is -2.17. The zero-order valence-electron chi connectivity index (χ0n) is 13.5. The molecule has 4 rings (SSSR count). The Morgan fingerprint density at radius 2 is 2.08 bits per heavy atom. The van der Waals surface area contributed by atoms with Gasteiger partial charge in [-0.15, -0.1) is 11.3 Å². The summed E-state index contributed by atoms with van der Waals surface area (Å²) in [5.74, 6) is 0.897. The van der Waals surface area contributed by atoms with Crippen LogP contribution in [0.5, 0.6) is 5.75 Å². The standard InChI is InChI=1S/C20H19NO2S/c1-13(22)19-10-16-5-4-15-9-17(6-7-18(15)20(16)24-19)23-12-14-3-2-8-21-11-14/h2-3,6-11,13,22H,4-5,12H2,1H3. The average molecular weight is 337 g/mol. The molecule has 0 bridgehead atoms. The van der Waals surface area contributed by atoms with E-state index in [-0.39, 0.29) is 0 Å². The summed E-state index contributed by atoms with van der Waals surface area (Å²) in [6.45, 7) is 2.36. The Morgan fingerprint density at radius 1 is 1.21 bits per heavy atom. The number of nitrogens with zero attached hydrogens (tertiary/aromatic N) is 1. The first-order valence-corrected chi connectivity index (χ1v) is 8.98. The van der Waals surface area contributed by atoms with Crippen LogP contribution in [0.25, 0.3) is 10.4 Å². The second kappa shape index (κ2) is 6.38. The average Bonchev–Trinajstić information content (AvgIpc) is 3.05. The fourth-order valence-corrected chi connectivity index (χ4v) is 4.29. The van der Waals surface area contributed by atoms with Crippen molar-refractivity contribution in [2.75, 3.05) is 0 Å². The molecule has 0 radical (unpaired) electrons. The van der Waals surface area contributed by atoms with Gasteiger partial charge >= 0.3 is 0 Å². The van der Waals surface area contributed by atoms with Crippen molar-refractivity contribution in [3.63, 3.8) is 0 Å². The number of hydrogen-bond acceptors (Lipinski definition) is 4. The molecule has 1 aromatic carbocycles. The number of benzene rings is 1. The number of pyridine rings is 1. The van der Waals surface area contributed by atoms with Crippen molar-refractivity contribution in [1.82, 2.24) is 4.98 Å². The van der Waals surface area contributed by atoms with Crippen molar-refractivity contribution >= 4 is 11.3 Å². The highest BCUT2D eigenvalue weighted by molar-refractivity contribution is 7.15. The summed E-state index contributed by atoms with van der Waals surface area (Å²) < 4.78 is 5.91. The molecule has 24 heavy (non-hydrogen) atoms. The van der Waals surface area contributed by atoms with Crippen LogP contribution in [-0.2, 0) is 19.4 Å². The number of ether oxygens (including phenoxy) is 1. The monoisotopic (exact) mass is 337 g/mol. The predicted molar refractivity (Wildman–Crippen MR) is 96.4 cm³/mol. The summed E-state index contributed by atoms with van der Waals surface area (Å²) in [6.07, 6.45) is 5.24. The number of fused-ring (bicyclic) bond motifs is 3. The number of aryl methyl sites for hydroxylation is 2. The Balaban J connectivity index is 1.57. The Bertz CT molecular complexity index is 855. The van der Waals surface area contributed by atoms with Gasteiger partial charge in [0.1, 0.15) is 12.4 Å². The van der Waals surface area contributed by atoms with Gasteiger partial charge in [0.05, 0.1) is 6.10 Å². The summed E-state index contributed by atoms with van der Waals surface area (Å²) in [5, 5.41) is 9.83. The smallest absolute Gasteiger partial charge is 0.120 e. The molecule has 0 fully saturated rings. The van der Waals surface area contributed by atoms with Crippen LogP contribution < -0.4 is 4.74 Å². The molecule has 1 aliphatic rings. The van der Waals surface area contributed by atoms with Gasteiger partial charge in [0, 0.05) is 27.7 Å². The van der Waals surface area contributed by atoms with Crippen molar-refractivity contribution in [3.8, 4) is 16.2 Å². The lowest BCUT2D eigenvalue weighted by Crippen LogP contribution is -2.02. The van der Waals surface area contributed by atoms with E-state index in [1.165, 1.54) is 21.6 Å². The van der Waals surface area contributed by atoms with Crippen molar-refractivity contribution in [2.45, 2.75) is 32.5 Å². The van der Waals surface area contributed by atoms with Crippen LogP contribution in [0.2, 0.25) is 0 Å². The van der Waals surface area contributed by atoms with Gasteiger partial charge in [-0.05, 0) is 66.8 Å². The first-order valence-electron chi connectivity index (χ1n) is 8.16. The summed E-state index contributed by atoms with van der Waals surface area (Å²) in [4.78, 5) is 6.45. The molecule has 3 aromatic rings. The molecule has 0 saturated heterocycles. The molecule has 2 heterocycles. The van der Waals surface area contributed by atoms with E-state index < -0.39 is 6.10 Å². The lowest BCUT2D eigenvalue weighted by molar-refractivity contribution is 0.203. The fraction of sp³-hybridized carbons (Fsp3) is 0.250. The van der Waals surface area contributed by atoms with E-state index in [9.17, 15) is 5.11 Å². The summed E-state index contributed by atoms with van der Waals surface area (Å²) in [6, 6.07) is 12.4. The molecular formula is C20H19NO2S. The third kappa shape index (κ3) is 2.95. The van der Waals surface area contributed by atoms with E-state index in [2.05, 4.69) is 23.2 Å². The van der Waals surface area contributed by atoms with Gasteiger partial charge < -0.3 is 9.84 Å². The maximum absolute atomic E-state index is 9.83. The Morgan fingerprint density at radius 3 is 2.88 bits per heavy atom. The topological polar surface area (TPSA) is 42.4 Å². The second-order valence-corrected chi connectivity index (χ2v) is 7.23. The van der Waals surface area contributed by atoms with E-state index in [1.807, 2.05) is 31.3 Å². The largest absolute Gasteiger partial charge is 0.489 e. The fourth-order valence-electron chi connectivity index (χ4n) is 3.08. The van der Waals surface area contributed by atoms with Gasteiger partial charge in [-0.2, -0.15) is 0 Å². The van der Waals surface area contributed by atoms with Crippen molar-refractivity contribution in [2.24, 2.45) is 0 Å².